The molecule has 0 aliphatic carbocycles. The molecule has 0 amide bonds. The lowest BCUT2D eigenvalue weighted by Crippen LogP contribution is -2.19. The van der Waals surface area contributed by atoms with E-state index >= 15 is 0 Å². The van der Waals surface area contributed by atoms with Crippen molar-refractivity contribution in [1.29, 1.82) is 0 Å². The van der Waals surface area contributed by atoms with Gasteiger partial charge in [-0.3, -0.25) is 4.18 Å². The minimum Gasteiger partial charge on any atom is -0.378 e. The SMILES string of the molecule is Cc1ccc(S(=O)(=O)OCCOCCOCCOCCOCCOCCOCCOCCOCCOCCOCCN(C)C)cc1. The maximum Gasteiger partial charge on any atom is 0.297 e. The van der Waals surface area contributed by atoms with Crippen molar-refractivity contribution in [3.8, 4) is 0 Å². The van der Waals surface area contributed by atoms with Gasteiger partial charge < -0.3 is 52.3 Å². The van der Waals surface area contributed by atoms with Crippen molar-refractivity contribution < 1.29 is 60.0 Å². The van der Waals surface area contributed by atoms with E-state index in [4.69, 9.17) is 51.6 Å². The molecule has 0 bridgehead atoms. The largest absolute Gasteiger partial charge is 0.378 e. The topological polar surface area (TPSA) is 139 Å². The second-order valence-electron chi connectivity index (χ2n) is 10.0. The fourth-order valence-corrected chi connectivity index (χ4v) is 4.20. The standard InChI is InChI=1S/C31H57NO13S/c1-30-4-6-31(7-5-30)46(33,34)45-29-28-44-27-26-43-25-24-42-23-22-41-21-20-40-19-18-39-17-16-38-15-14-37-13-12-36-11-10-35-9-8-32(2)3/h4-7H,8-29H2,1-3H3. The molecule has 0 spiro atoms. The van der Waals surface area contributed by atoms with E-state index in [0.29, 0.717) is 126 Å². The highest BCUT2D eigenvalue weighted by molar-refractivity contribution is 7.86. The number of benzene rings is 1. The maximum atomic E-state index is 12.1. The molecule has 270 valence electrons. The molecule has 0 aliphatic heterocycles. The summed E-state index contributed by atoms with van der Waals surface area (Å²) in [5, 5.41) is 0. The lowest BCUT2D eigenvalue weighted by molar-refractivity contribution is -0.0268. The Morgan fingerprint density at radius 3 is 0.978 bits per heavy atom. The summed E-state index contributed by atoms with van der Waals surface area (Å²) >= 11 is 0. The molecule has 0 atom stereocenters. The molecule has 1 aromatic carbocycles. The molecule has 0 saturated heterocycles. The first kappa shape index (κ1) is 42.7. The van der Waals surface area contributed by atoms with E-state index in [1.807, 2.05) is 21.0 Å². The number of nitrogens with zero attached hydrogens (tertiary/aromatic N) is 1. The number of rotatable bonds is 35. The van der Waals surface area contributed by atoms with Crippen LogP contribution in [0.15, 0.2) is 29.2 Å². The normalized spacial score (nSPS) is 12.0. The van der Waals surface area contributed by atoms with E-state index in [9.17, 15) is 8.42 Å². The molecule has 14 nitrogen and oxygen atoms in total. The first-order valence-corrected chi connectivity index (χ1v) is 17.2. The van der Waals surface area contributed by atoms with Crippen LogP contribution in [0.1, 0.15) is 5.56 Å². The predicted octanol–water partition coefficient (Wildman–Crippen LogP) is 1.43. The number of likely N-dealkylation sites (N-methyl/N-ethyl adjacent to an activating group) is 1. The van der Waals surface area contributed by atoms with Gasteiger partial charge in [-0.1, -0.05) is 17.7 Å². The van der Waals surface area contributed by atoms with Crippen LogP contribution in [0.2, 0.25) is 0 Å². The van der Waals surface area contributed by atoms with Gasteiger partial charge in [0.05, 0.1) is 144 Å². The van der Waals surface area contributed by atoms with Crippen molar-refractivity contribution in [1.82, 2.24) is 4.90 Å². The smallest absolute Gasteiger partial charge is 0.297 e. The molecule has 15 heteroatoms. The van der Waals surface area contributed by atoms with Gasteiger partial charge in [0, 0.05) is 6.54 Å². The van der Waals surface area contributed by atoms with E-state index in [1.165, 1.54) is 12.1 Å². The van der Waals surface area contributed by atoms with Crippen molar-refractivity contribution in [3.05, 3.63) is 29.8 Å². The zero-order chi connectivity index (χ0) is 33.4. The summed E-state index contributed by atoms with van der Waals surface area (Å²) in [7, 11) is 0.258. The van der Waals surface area contributed by atoms with Crippen molar-refractivity contribution in [2.24, 2.45) is 0 Å². The van der Waals surface area contributed by atoms with Crippen LogP contribution in [0.4, 0.5) is 0 Å². The number of hydrogen-bond donors (Lipinski definition) is 0. The number of aryl methyl sites for hydroxylation is 1. The van der Waals surface area contributed by atoms with Gasteiger partial charge in [-0.05, 0) is 33.2 Å². The highest BCUT2D eigenvalue weighted by Gasteiger charge is 2.14. The van der Waals surface area contributed by atoms with Gasteiger partial charge in [0.1, 0.15) is 0 Å². The van der Waals surface area contributed by atoms with E-state index in [2.05, 4.69) is 4.90 Å². The van der Waals surface area contributed by atoms with E-state index in [1.54, 1.807) is 12.1 Å². The second kappa shape index (κ2) is 31.0. The van der Waals surface area contributed by atoms with Crippen LogP contribution in [0, 0.1) is 6.92 Å². The van der Waals surface area contributed by atoms with E-state index in [0.717, 1.165) is 12.1 Å². The van der Waals surface area contributed by atoms with Crippen LogP contribution >= 0.6 is 0 Å². The van der Waals surface area contributed by atoms with Crippen LogP contribution in [-0.4, -0.2) is 173 Å². The monoisotopic (exact) mass is 683 g/mol. The molecule has 0 aromatic heterocycles. The average molecular weight is 684 g/mol. The second-order valence-corrected chi connectivity index (χ2v) is 11.6. The summed E-state index contributed by atoms with van der Waals surface area (Å²) in [6, 6.07) is 6.48. The fraction of sp³-hybridized carbons (Fsp3) is 0.806. The summed E-state index contributed by atoms with van der Waals surface area (Å²) in [5.41, 5.74) is 0.976. The molecule has 1 aromatic rings. The Balaban J connectivity index is 1.68. The van der Waals surface area contributed by atoms with Crippen molar-refractivity contribution in [3.63, 3.8) is 0 Å². The minimum atomic E-state index is -3.77. The Bertz CT molecular complexity index is 891. The van der Waals surface area contributed by atoms with Gasteiger partial charge in [-0.2, -0.15) is 8.42 Å². The van der Waals surface area contributed by atoms with Crippen LogP contribution in [0.5, 0.6) is 0 Å². The number of ether oxygens (including phenoxy) is 10. The van der Waals surface area contributed by atoms with Gasteiger partial charge in [0.25, 0.3) is 10.1 Å². The van der Waals surface area contributed by atoms with Gasteiger partial charge in [0.2, 0.25) is 0 Å². The van der Waals surface area contributed by atoms with Gasteiger partial charge in [-0.25, -0.2) is 0 Å². The lowest BCUT2D eigenvalue weighted by atomic mass is 10.2. The van der Waals surface area contributed by atoms with E-state index in [-0.39, 0.29) is 18.1 Å². The third-order valence-corrected chi connectivity index (χ3v) is 7.13. The molecular formula is C31H57NO13S. The predicted molar refractivity (Wildman–Crippen MR) is 171 cm³/mol. The van der Waals surface area contributed by atoms with Crippen LogP contribution in [-0.2, 0) is 61.7 Å². The summed E-state index contributed by atoms with van der Waals surface area (Å²) in [6.45, 7) is 12.3. The molecular weight excluding hydrogens is 626 g/mol. The zero-order valence-corrected chi connectivity index (χ0v) is 28.8. The summed E-state index contributed by atoms with van der Waals surface area (Å²) in [6.07, 6.45) is 0. The van der Waals surface area contributed by atoms with Crippen LogP contribution in [0.25, 0.3) is 0 Å². The first-order chi connectivity index (χ1) is 22.4. The molecule has 0 heterocycles. The minimum absolute atomic E-state index is 0.0578. The highest BCUT2D eigenvalue weighted by atomic mass is 32.2. The maximum absolute atomic E-state index is 12.1. The third-order valence-electron chi connectivity index (χ3n) is 5.81. The quantitative estimate of drug-likeness (QED) is 0.0753. The molecule has 0 unspecified atom stereocenters. The zero-order valence-electron chi connectivity index (χ0n) is 28.0. The van der Waals surface area contributed by atoms with E-state index < -0.39 is 10.1 Å². The molecule has 0 radical (unpaired) electrons. The Hall–Kier alpha value is -1.31. The molecule has 1 rings (SSSR count). The lowest BCUT2D eigenvalue weighted by Gasteiger charge is -2.10. The summed E-state index contributed by atoms with van der Waals surface area (Å²) in [5.74, 6) is 0. The molecule has 0 N–H and O–H groups in total. The molecule has 0 aliphatic rings. The van der Waals surface area contributed by atoms with Crippen LogP contribution < -0.4 is 0 Å². The first-order valence-electron chi connectivity index (χ1n) is 15.8. The molecule has 46 heavy (non-hydrogen) atoms. The fourth-order valence-electron chi connectivity index (χ4n) is 3.30. The van der Waals surface area contributed by atoms with Gasteiger partial charge in [0.15, 0.2) is 0 Å². The highest BCUT2D eigenvalue weighted by Crippen LogP contribution is 2.12. The molecule has 0 fully saturated rings. The number of hydrogen-bond acceptors (Lipinski definition) is 14. The van der Waals surface area contributed by atoms with Gasteiger partial charge in [-0.15, -0.1) is 0 Å². The Morgan fingerprint density at radius 2 is 0.696 bits per heavy atom. The van der Waals surface area contributed by atoms with Crippen molar-refractivity contribution in [2.45, 2.75) is 11.8 Å². The summed E-state index contributed by atoms with van der Waals surface area (Å²) < 4.78 is 83.5. The van der Waals surface area contributed by atoms with Crippen molar-refractivity contribution >= 4 is 10.1 Å². The molecule has 0 saturated carbocycles. The van der Waals surface area contributed by atoms with Crippen LogP contribution in [0.3, 0.4) is 0 Å². The average Bonchev–Trinajstić information content (AvgIpc) is 3.03. The summed E-state index contributed by atoms with van der Waals surface area (Å²) in [4.78, 5) is 2.21. The van der Waals surface area contributed by atoms with Crippen molar-refractivity contribution in [2.75, 3.05) is 159 Å². The van der Waals surface area contributed by atoms with Gasteiger partial charge >= 0.3 is 0 Å². The Labute approximate surface area is 275 Å². The Kier molecular flexibility index (Phi) is 28.8. The third kappa shape index (κ3) is 27.8. The Morgan fingerprint density at radius 1 is 0.435 bits per heavy atom.